The largest absolute Gasteiger partial charge is 0.491 e. The molecule has 1 aromatic carbocycles. The Labute approximate surface area is 158 Å². The van der Waals surface area contributed by atoms with Gasteiger partial charge in [-0.1, -0.05) is 44.7 Å². The highest BCUT2D eigenvalue weighted by atomic mass is 16.5. The van der Waals surface area contributed by atoms with Crippen LogP contribution in [0.25, 0.3) is 0 Å². The Morgan fingerprint density at radius 2 is 1.81 bits per heavy atom. The molecular formula is C21H35N2O3+. The summed E-state index contributed by atoms with van der Waals surface area (Å²) in [6.07, 6.45) is 9.50. The average molecular weight is 364 g/mol. The van der Waals surface area contributed by atoms with Crippen LogP contribution < -0.4 is 15.0 Å². The zero-order valence-corrected chi connectivity index (χ0v) is 16.2. The summed E-state index contributed by atoms with van der Waals surface area (Å²) in [6.45, 7) is 6.63. The highest BCUT2D eigenvalue weighted by Gasteiger charge is 2.14. The van der Waals surface area contributed by atoms with Crippen molar-refractivity contribution in [2.75, 3.05) is 38.2 Å². The number of nitrogens with one attached hydrogen (secondary N) is 2. The normalized spacial score (nSPS) is 14.8. The van der Waals surface area contributed by atoms with Gasteiger partial charge in [0.25, 0.3) is 0 Å². The minimum absolute atomic E-state index is 0.402. The number of carbonyl (C=O) groups excluding carboxylic acids is 1. The fraction of sp³-hybridized carbons (Fsp3) is 0.667. The standard InChI is InChI=1S/C21H34N2O3/c1-2-3-4-5-11-17-25-20-13-8-7-12-19(20)22-21(24)26-18-16-23-14-9-6-10-15-23/h7-8,12-13H,2-6,9-11,14-18H2,1H3,(H,22,24)/p+1. The molecule has 0 saturated carbocycles. The quantitative estimate of drug-likeness (QED) is 0.590. The molecule has 1 heterocycles. The molecule has 26 heavy (non-hydrogen) atoms. The molecule has 0 aliphatic carbocycles. The van der Waals surface area contributed by atoms with E-state index in [1.807, 2.05) is 24.3 Å². The zero-order chi connectivity index (χ0) is 18.5. The number of quaternary nitrogens is 1. The number of amides is 1. The van der Waals surface area contributed by atoms with E-state index >= 15 is 0 Å². The molecular weight excluding hydrogens is 328 g/mol. The molecule has 146 valence electrons. The molecule has 0 bridgehead atoms. The summed E-state index contributed by atoms with van der Waals surface area (Å²) in [7, 11) is 0. The van der Waals surface area contributed by atoms with Crippen LogP contribution in [-0.4, -0.2) is 38.9 Å². The number of likely N-dealkylation sites (tertiary alicyclic amines) is 1. The van der Waals surface area contributed by atoms with Gasteiger partial charge in [0.05, 0.1) is 25.4 Å². The van der Waals surface area contributed by atoms with Gasteiger partial charge in [-0.15, -0.1) is 0 Å². The van der Waals surface area contributed by atoms with Crippen LogP contribution in [-0.2, 0) is 4.74 Å². The second-order valence-electron chi connectivity index (χ2n) is 7.08. The van der Waals surface area contributed by atoms with Crippen LogP contribution in [0.2, 0.25) is 0 Å². The maximum absolute atomic E-state index is 12.1. The van der Waals surface area contributed by atoms with Crippen LogP contribution in [0.5, 0.6) is 5.75 Å². The fourth-order valence-corrected chi connectivity index (χ4v) is 3.32. The van der Waals surface area contributed by atoms with E-state index in [1.54, 1.807) is 0 Å². The van der Waals surface area contributed by atoms with Gasteiger partial charge < -0.3 is 14.4 Å². The number of hydrogen-bond acceptors (Lipinski definition) is 3. The maximum atomic E-state index is 12.1. The van der Waals surface area contributed by atoms with Crippen LogP contribution in [0.1, 0.15) is 58.3 Å². The number of anilines is 1. The lowest BCUT2D eigenvalue weighted by molar-refractivity contribution is -0.905. The van der Waals surface area contributed by atoms with Crippen molar-refractivity contribution in [3.63, 3.8) is 0 Å². The van der Waals surface area contributed by atoms with E-state index in [9.17, 15) is 4.79 Å². The van der Waals surface area contributed by atoms with Crippen LogP contribution >= 0.6 is 0 Å². The lowest BCUT2D eigenvalue weighted by atomic mass is 10.1. The van der Waals surface area contributed by atoms with Crippen molar-refractivity contribution in [2.24, 2.45) is 0 Å². The molecule has 1 aromatic rings. The third-order valence-corrected chi connectivity index (χ3v) is 4.88. The van der Waals surface area contributed by atoms with Crippen LogP contribution in [0.3, 0.4) is 0 Å². The molecule has 1 aliphatic heterocycles. The molecule has 0 aromatic heterocycles. The van der Waals surface area contributed by atoms with Crippen molar-refractivity contribution in [1.29, 1.82) is 0 Å². The number of para-hydroxylation sites is 2. The second-order valence-corrected chi connectivity index (χ2v) is 7.08. The molecule has 5 nitrogen and oxygen atoms in total. The molecule has 1 saturated heterocycles. The number of piperidine rings is 1. The number of unbranched alkanes of at least 4 members (excludes halogenated alkanes) is 4. The summed E-state index contributed by atoms with van der Waals surface area (Å²) in [5.41, 5.74) is 0.677. The molecule has 0 unspecified atom stereocenters. The Bertz CT molecular complexity index is 516. The third kappa shape index (κ3) is 8.09. The van der Waals surface area contributed by atoms with Crippen molar-refractivity contribution < 1.29 is 19.2 Å². The Balaban J connectivity index is 1.67. The Kier molecular flexibility index (Phi) is 9.95. The monoisotopic (exact) mass is 363 g/mol. The molecule has 1 fully saturated rings. The summed E-state index contributed by atoms with van der Waals surface area (Å²) < 4.78 is 11.2. The Hall–Kier alpha value is -1.75. The summed E-state index contributed by atoms with van der Waals surface area (Å²) >= 11 is 0. The molecule has 0 atom stereocenters. The second kappa shape index (κ2) is 12.6. The average Bonchev–Trinajstić information content (AvgIpc) is 2.66. The first-order valence-corrected chi connectivity index (χ1v) is 10.3. The van der Waals surface area contributed by atoms with E-state index in [0.29, 0.717) is 24.7 Å². The number of rotatable bonds is 11. The van der Waals surface area contributed by atoms with Gasteiger partial charge in [0, 0.05) is 0 Å². The molecule has 5 heteroatoms. The summed E-state index contributed by atoms with van der Waals surface area (Å²) in [5.74, 6) is 0.710. The minimum Gasteiger partial charge on any atom is -0.491 e. The van der Waals surface area contributed by atoms with Gasteiger partial charge in [-0.25, -0.2) is 4.79 Å². The van der Waals surface area contributed by atoms with Crippen LogP contribution in [0.4, 0.5) is 10.5 Å². The molecule has 0 spiro atoms. The van der Waals surface area contributed by atoms with Crippen LogP contribution in [0, 0.1) is 0 Å². The summed E-state index contributed by atoms with van der Waals surface area (Å²) in [5, 5.41) is 2.81. The highest BCUT2D eigenvalue weighted by Crippen LogP contribution is 2.24. The first-order valence-electron chi connectivity index (χ1n) is 10.3. The van der Waals surface area contributed by atoms with Gasteiger partial charge in [0.1, 0.15) is 18.9 Å². The number of hydrogen-bond donors (Lipinski definition) is 2. The smallest absolute Gasteiger partial charge is 0.411 e. The van der Waals surface area contributed by atoms with Gasteiger partial charge in [-0.2, -0.15) is 0 Å². The third-order valence-electron chi connectivity index (χ3n) is 4.88. The predicted octanol–water partition coefficient (Wildman–Crippen LogP) is 3.65. The molecule has 2 rings (SSSR count). The van der Waals surface area contributed by atoms with Gasteiger partial charge in [0.2, 0.25) is 0 Å². The van der Waals surface area contributed by atoms with Crippen molar-refractivity contribution >= 4 is 11.8 Å². The van der Waals surface area contributed by atoms with E-state index in [1.165, 1.54) is 62.9 Å². The van der Waals surface area contributed by atoms with E-state index in [0.717, 1.165) is 13.0 Å². The predicted molar refractivity (Wildman–Crippen MR) is 105 cm³/mol. The van der Waals surface area contributed by atoms with E-state index in [2.05, 4.69) is 12.2 Å². The number of carbonyl (C=O) groups is 1. The first kappa shape index (κ1) is 20.6. The van der Waals surface area contributed by atoms with Crippen molar-refractivity contribution in [2.45, 2.75) is 58.3 Å². The Morgan fingerprint density at radius 3 is 2.62 bits per heavy atom. The molecule has 0 radical (unpaired) electrons. The minimum atomic E-state index is -0.402. The van der Waals surface area contributed by atoms with Crippen LogP contribution in [0.15, 0.2) is 24.3 Å². The number of ether oxygens (including phenoxy) is 2. The van der Waals surface area contributed by atoms with Gasteiger partial charge in [-0.05, 0) is 37.8 Å². The lowest BCUT2D eigenvalue weighted by Gasteiger charge is -2.23. The highest BCUT2D eigenvalue weighted by molar-refractivity contribution is 5.86. The van der Waals surface area contributed by atoms with Gasteiger partial charge >= 0.3 is 6.09 Å². The van der Waals surface area contributed by atoms with E-state index < -0.39 is 6.09 Å². The Morgan fingerprint density at radius 1 is 1.04 bits per heavy atom. The SMILES string of the molecule is CCCCCCCOc1ccccc1NC(=O)OCC[NH+]1CCCCC1. The zero-order valence-electron chi connectivity index (χ0n) is 16.2. The van der Waals surface area contributed by atoms with Gasteiger partial charge in [-0.3, -0.25) is 5.32 Å². The lowest BCUT2D eigenvalue weighted by Crippen LogP contribution is -3.13. The fourth-order valence-electron chi connectivity index (χ4n) is 3.32. The molecule has 1 aliphatic rings. The van der Waals surface area contributed by atoms with Crippen molar-refractivity contribution in [3.8, 4) is 5.75 Å². The maximum Gasteiger partial charge on any atom is 0.411 e. The number of benzene rings is 1. The van der Waals surface area contributed by atoms with Crippen molar-refractivity contribution in [1.82, 2.24) is 0 Å². The van der Waals surface area contributed by atoms with E-state index in [4.69, 9.17) is 9.47 Å². The van der Waals surface area contributed by atoms with Crippen molar-refractivity contribution in [3.05, 3.63) is 24.3 Å². The summed E-state index contributed by atoms with van der Waals surface area (Å²) in [4.78, 5) is 13.6. The molecule has 1 amide bonds. The first-order chi connectivity index (χ1) is 12.8. The summed E-state index contributed by atoms with van der Waals surface area (Å²) in [6, 6.07) is 7.55. The van der Waals surface area contributed by atoms with Gasteiger partial charge in [0.15, 0.2) is 0 Å². The van der Waals surface area contributed by atoms with E-state index in [-0.39, 0.29) is 0 Å². The molecule has 2 N–H and O–H groups in total. The topological polar surface area (TPSA) is 52.0 Å².